The Morgan fingerprint density at radius 1 is 0.513 bits per heavy atom. The summed E-state index contributed by atoms with van der Waals surface area (Å²) in [5, 5.41) is 0. The smallest absolute Gasteiger partial charge is 0.0848 e. The summed E-state index contributed by atoms with van der Waals surface area (Å²) in [6.45, 7) is 4.46. The van der Waals surface area contributed by atoms with Crippen LogP contribution < -0.4 is 0 Å². The molecule has 0 bridgehead atoms. The van der Waals surface area contributed by atoms with E-state index in [1.165, 1.54) is 109 Å². The van der Waals surface area contributed by atoms with Gasteiger partial charge in [-0.15, -0.1) is 0 Å². The van der Waals surface area contributed by atoms with Crippen molar-refractivity contribution in [2.45, 2.75) is 136 Å². The minimum absolute atomic E-state index is 0.851. The van der Waals surface area contributed by atoms with E-state index in [0.29, 0.717) is 0 Å². The molecule has 0 spiro atoms. The predicted octanol–water partition coefficient (Wildman–Crippen LogP) is 12.5. The third kappa shape index (κ3) is 17.0. The maximum Gasteiger partial charge on any atom is 0.0848 e. The molecule has 2 rings (SSSR count). The van der Waals surface area contributed by atoms with E-state index in [1.54, 1.807) is 0 Å². The second kappa shape index (κ2) is 23.4. The summed E-state index contributed by atoms with van der Waals surface area (Å²) in [7, 11) is 0. The van der Waals surface area contributed by atoms with Gasteiger partial charge in [-0.2, -0.15) is 0 Å². The van der Waals surface area contributed by atoms with Crippen LogP contribution in [0.3, 0.4) is 0 Å². The van der Waals surface area contributed by atoms with Crippen molar-refractivity contribution in [3.05, 3.63) is 72.8 Å². The number of para-hydroxylation sites is 2. The minimum atomic E-state index is 0.851. The predicted molar refractivity (Wildman–Crippen MR) is 175 cm³/mol. The van der Waals surface area contributed by atoms with Crippen molar-refractivity contribution >= 4 is 22.8 Å². The summed E-state index contributed by atoms with van der Waals surface area (Å²) in [6.07, 6.45) is 30.5. The number of benzene rings is 2. The second-order valence-electron chi connectivity index (χ2n) is 10.9. The van der Waals surface area contributed by atoms with Gasteiger partial charge in [0.25, 0.3) is 0 Å². The van der Waals surface area contributed by atoms with Crippen LogP contribution in [0.5, 0.6) is 0 Å². The maximum absolute atomic E-state index is 4.94. The minimum Gasteiger partial charge on any atom is -0.251 e. The highest BCUT2D eigenvalue weighted by molar-refractivity contribution is 6.47. The molecule has 2 nitrogen and oxygen atoms in total. The van der Waals surface area contributed by atoms with Crippen LogP contribution in [0.15, 0.2) is 82.8 Å². The summed E-state index contributed by atoms with van der Waals surface area (Å²) < 4.78 is 0. The van der Waals surface area contributed by atoms with Gasteiger partial charge in [-0.05, 0) is 49.6 Å². The normalized spacial score (nSPS) is 12.5. The van der Waals surface area contributed by atoms with Crippen LogP contribution in [-0.2, 0) is 0 Å². The van der Waals surface area contributed by atoms with E-state index in [4.69, 9.17) is 9.98 Å². The van der Waals surface area contributed by atoms with E-state index in [9.17, 15) is 0 Å². The molecule has 0 aliphatic carbocycles. The van der Waals surface area contributed by atoms with Crippen molar-refractivity contribution in [3.63, 3.8) is 0 Å². The largest absolute Gasteiger partial charge is 0.251 e. The Balaban J connectivity index is 1.59. The maximum atomic E-state index is 4.94. The Kier molecular flexibility index (Phi) is 19.6. The van der Waals surface area contributed by atoms with Gasteiger partial charge in [0, 0.05) is 0 Å². The fraction of sp³-hybridized carbons (Fsp3) is 0.568. The van der Waals surface area contributed by atoms with Crippen molar-refractivity contribution in [3.8, 4) is 0 Å². The molecule has 0 amide bonds. The standard InChI is InChI=1S/C37H56N2/c1-3-5-6-7-8-9-10-11-12-13-14-15-16-17-18-19-20-21-28-33-37(39-35-31-26-23-27-32-35)36(4-2)38-34-29-24-22-25-30-34/h22-33H,3-21H2,1-2H3. The molecule has 0 fully saturated rings. The average molecular weight is 529 g/mol. The molecule has 0 unspecified atom stereocenters. The number of aliphatic imine (C=N–C) groups is 2. The van der Waals surface area contributed by atoms with Gasteiger partial charge in [0.2, 0.25) is 0 Å². The van der Waals surface area contributed by atoms with Crippen LogP contribution in [0.4, 0.5) is 11.4 Å². The van der Waals surface area contributed by atoms with E-state index in [2.05, 4.69) is 50.3 Å². The van der Waals surface area contributed by atoms with Crippen LogP contribution in [0.25, 0.3) is 0 Å². The first-order chi connectivity index (χ1) is 19.3. The van der Waals surface area contributed by atoms with Crippen LogP contribution in [0, 0.1) is 0 Å². The number of nitrogens with zero attached hydrogens (tertiary/aromatic N) is 2. The van der Waals surface area contributed by atoms with Crippen LogP contribution in [0.1, 0.15) is 136 Å². The second-order valence-corrected chi connectivity index (χ2v) is 10.9. The highest BCUT2D eigenvalue weighted by Crippen LogP contribution is 2.17. The summed E-state index contributed by atoms with van der Waals surface area (Å²) in [6, 6.07) is 20.4. The molecular weight excluding hydrogens is 472 g/mol. The SMILES string of the molecule is CCCCCCCCCCCCCCCCCCCC=CC(=Nc1ccccc1)C(CC)=Nc1ccccc1. The molecule has 2 heteroatoms. The van der Waals surface area contributed by atoms with Gasteiger partial charge in [0.1, 0.15) is 0 Å². The highest BCUT2D eigenvalue weighted by atomic mass is 14.8. The Morgan fingerprint density at radius 2 is 0.923 bits per heavy atom. The molecule has 39 heavy (non-hydrogen) atoms. The topological polar surface area (TPSA) is 24.7 Å². The molecule has 0 radical (unpaired) electrons. The number of allylic oxidation sites excluding steroid dienone is 2. The molecule has 0 heterocycles. The van der Waals surface area contributed by atoms with Crippen molar-refractivity contribution in [2.75, 3.05) is 0 Å². The summed E-state index contributed by atoms with van der Waals surface area (Å²) in [5.74, 6) is 0. The summed E-state index contributed by atoms with van der Waals surface area (Å²) in [4.78, 5) is 9.85. The lowest BCUT2D eigenvalue weighted by atomic mass is 10.0. The third-order valence-corrected chi connectivity index (χ3v) is 7.41. The molecule has 0 saturated heterocycles. The Bertz CT molecular complexity index is 911. The zero-order chi connectivity index (χ0) is 27.6. The number of rotatable bonds is 23. The van der Waals surface area contributed by atoms with Gasteiger partial charge < -0.3 is 0 Å². The van der Waals surface area contributed by atoms with Crippen LogP contribution in [0.2, 0.25) is 0 Å². The fourth-order valence-corrected chi connectivity index (χ4v) is 5.00. The molecule has 0 aliphatic rings. The van der Waals surface area contributed by atoms with Crippen LogP contribution in [-0.4, -0.2) is 11.4 Å². The first-order valence-electron chi connectivity index (χ1n) is 16.3. The van der Waals surface area contributed by atoms with Gasteiger partial charge in [-0.3, -0.25) is 4.99 Å². The lowest BCUT2D eigenvalue weighted by Gasteiger charge is -2.06. The van der Waals surface area contributed by atoms with Gasteiger partial charge >= 0.3 is 0 Å². The molecule has 0 aromatic heterocycles. The van der Waals surface area contributed by atoms with E-state index in [0.717, 1.165) is 35.6 Å². The van der Waals surface area contributed by atoms with Gasteiger partial charge in [0.15, 0.2) is 0 Å². The number of hydrogen-bond donors (Lipinski definition) is 0. The molecule has 0 atom stereocenters. The monoisotopic (exact) mass is 528 g/mol. The molecule has 2 aromatic carbocycles. The zero-order valence-electron chi connectivity index (χ0n) is 25.3. The number of unbranched alkanes of at least 4 members (excludes halogenated alkanes) is 17. The quantitative estimate of drug-likeness (QED) is 0.101. The Hall–Kier alpha value is -2.48. The van der Waals surface area contributed by atoms with Crippen molar-refractivity contribution < 1.29 is 0 Å². The Labute approximate surface area is 241 Å². The van der Waals surface area contributed by atoms with E-state index < -0.39 is 0 Å². The first-order valence-corrected chi connectivity index (χ1v) is 16.3. The summed E-state index contributed by atoms with van der Waals surface area (Å²) in [5.41, 5.74) is 3.96. The lowest BCUT2D eigenvalue weighted by molar-refractivity contribution is 0.527. The van der Waals surface area contributed by atoms with E-state index in [1.807, 2.05) is 36.4 Å². The van der Waals surface area contributed by atoms with Gasteiger partial charge in [-0.1, -0.05) is 159 Å². The molecule has 2 aromatic rings. The molecule has 0 N–H and O–H groups in total. The third-order valence-electron chi connectivity index (χ3n) is 7.41. The highest BCUT2D eigenvalue weighted by Gasteiger charge is 2.05. The van der Waals surface area contributed by atoms with Gasteiger partial charge in [-0.25, -0.2) is 4.99 Å². The first kappa shape index (κ1) is 32.7. The van der Waals surface area contributed by atoms with Crippen LogP contribution >= 0.6 is 0 Å². The average Bonchev–Trinajstić information content (AvgIpc) is 2.97. The van der Waals surface area contributed by atoms with Crippen molar-refractivity contribution in [2.24, 2.45) is 9.98 Å². The van der Waals surface area contributed by atoms with E-state index >= 15 is 0 Å². The number of hydrogen-bond acceptors (Lipinski definition) is 2. The van der Waals surface area contributed by atoms with E-state index in [-0.39, 0.29) is 0 Å². The molecule has 214 valence electrons. The van der Waals surface area contributed by atoms with Gasteiger partial charge in [0.05, 0.1) is 22.8 Å². The zero-order valence-corrected chi connectivity index (χ0v) is 25.3. The summed E-state index contributed by atoms with van der Waals surface area (Å²) >= 11 is 0. The lowest BCUT2D eigenvalue weighted by Crippen LogP contribution is -2.10. The molecular formula is C37H56N2. The molecule has 0 aliphatic heterocycles. The fourth-order valence-electron chi connectivity index (χ4n) is 5.00. The van der Waals surface area contributed by atoms with Crippen molar-refractivity contribution in [1.82, 2.24) is 0 Å². The Morgan fingerprint density at radius 3 is 1.36 bits per heavy atom. The van der Waals surface area contributed by atoms with Crippen molar-refractivity contribution in [1.29, 1.82) is 0 Å². The molecule has 0 saturated carbocycles.